The Morgan fingerprint density at radius 2 is 1.79 bits per heavy atom. The van der Waals surface area contributed by atoms with E-state index in [1.165, 1.54) is 23.9 Å². The van der Waals surface area contributed by atoms with Crippen LogP contribution in [0.4, 0.5) is 0 Å². The van der Waals surface area contributed by atoms with Crippen LogP contribution in [0.25, 0.3) is 0 Å². The van der Waals surface area contributed by atoms with Crippen LogP contribution in [0, 0.1) is 5.92 Å². The number of aryl methyl sites for hydroxylation is 1. The largest absolute Gasteiger partial charge is 0.463 e. The molecule has 2 aromatic carbocycles. The van der Waals surface area contributed by atoms with Crippen molar-refractivity contribution in [2.45, 2.75) is 38.3 Å². The third-order valence-electron chi connectivity index (χ3n) is 5.54. The van der Waals surface area contributed by atoms with Crippen molar-refractivity contribution in [2.24, 2.45) is 5.92 Å². The summed E-state index contributed by atoms with van der Waals surface area (Å²) in [5.41, 5.74) is 2.21. The molecule has 0 bridgehead atoms. The summed E-state index contributed by atoms with van der Waals surface area (Å²) in [6.45, 7) is 1.96. The smallest absolute Gasteiger partial charge is 0.330 e. The SMILES string of the molecule is CCOC(=O)/C=C/[C@@H](O)[C@H](CCc1ccccc1)C(=O)N1C(=S)SC[C@@H]1Cc1ccccc1. The number of aliphatic hydroxyl groups excluding tert-OH is 1. The Bertz CT molecular complexity index is 965. The van der Waals surface area contributed by atoms with Crippen LogP contribution in [0.2, 0.25) is 0 Å². The minimum atomic E-state index is -1.13. The molecule has 0 unspecified atom stereocenters. The molecule has 3 rings (SSSR count). The second kappa shape index (κ2) is 12.7. The Labute approximate surface area is 204 Å². The van der Waals surface area contributed by atoms with Gasteiger partial charge in [0.25, 0.3) is 0 Å². The van der Waals surface area contributed by atoms with Crippen LogP contribution in [0.15, 0.2) is 72.8 Å². The van der Waals surface area contributed by atoms with Crippen LogP contribution in [-0.2, 0) is 27.2 Å². The fourth-order valence-corrected chi connectivity index (χ4v) is 5.28. The zero-order valence-corrected chi connectivity index (χ0v) is 20.3. The molecule has 1 aliphatic heterocycles. The number of aliphatic hydroxyl groups is 1. The number of hydrogen-bond acceptors (Lipinski definition) is 6. The lowest BCUT2D eigenvalue weighted by Gasteiger charge is -2.29. The van der Waals surface area contributed by atoms with Crippen LogP contribution >= 0.6 is 24.0 Å². The number of rotatable bonds is 10. The Morgan fingerprint density at radius 3 is 2.42 bits per heavy atom. The predicted molar refractivity (Wildman–Crippen MR) is 136 cm³/mol. The van der Waals surface area contributed by atoms with Crippen molar-refractivity contribution in [3.05, 3.63) is 83.9 Å². The monoisotopic (exact) mass is 483 g/mol. The van der Waals surface area contributed by atoms with E-state index in [1.54, 1.807) is 11.8 Å². The number of carbonyl (C=O) groups excluding carboxylic acids is 2. The van der Waals surface area contributed by atoms with Gasteiger partial charge in [0.05, 0.1) is 24.7 Å². The molecule has 33 heavy (non-hydrogen) atoms. The van der Waals surface area contributed by atoms with Gasteiger partial charge in [0, 0.05) is 11.8 Å². The summed E-state index contributed by atoms with van der Waals surface area (Å²) >= 11 is 7.02. The average molecular weight is 484 g/mol. The van der Waals surface area contributed by atoms with Crippen molar-refractivity contribution in [3.63, 3.8) is 0 Å². The Kier molecular flexibility index (Phi) is 9.66. The Hall–Kier alpha value is -2.48. The molecule has 1 N–H and O–H groups in total. The number of ether oxygens (including phenoxy) is 1. The number of nitrogens with zero attached hydrogens (tertiary/aromatic N) is 1. The quantitative estimate of drug-likeness (QED) is 0.311. The molecule has 3 atom stereocenters. The summed E-state index contributed by atoms with van der Waals surface area (Å²) < 4.78 is 5.44. The number of thioether (sulfide) groups is 1. The van der Waals surface area contributed by atoms with E-state index < -0.39 is 18.0 Å². The van der Waals surface area contributed by atoms with E-state index in [-0.39, 0.29) is 18.6 Å². The molecule has 1 amide bonds. The highest BCUT2D eigenvalue weighted by Crippen LogP contribution is 2.30. The van der Waals surface area contributed by atoms with Crippen molar-refractivity contribution in [1.29, 1.82) is 0 Å². The van der Waals surface area contributed by atoms with Gasteiger partial charge in [0.1, 0.15) is 4.32 Å². The molecule has 1 fully saturated rings. The highest BCUT2D eigenvalue weighted by Gasteiger charge is 2.39. The van der Waals surface area contributed by atoms with Gasteiger partial charge in [0.2, 0.25) is 5.91 Å². The molecule has 0 spiro atoms. The second-order valence-corrected chi connectivity index (χ2v) is 9.52. The molecule has 1 saturated heterocycles. The lowest BCUT2D eigenvalue weighted by atomic mass is 9.91. The summed E-state index contributed by atoms with van der Waals surface area (Å²) in [6.07, 6.45) is 3.16. The molecule has 0 aromatic heterocycles. The first-order chi connectivity index (χ1) is 16.0. The topological polar surface area (TPSA) is 66.8 Å². The van der Waals surface area contributed by atoms with Gasteiger partial charge < -0.3 is 9.84 Å². The number of esters is 1. The summed E-state index contributed by atoms with van der Waals surface area (Å²) in [4.78, 5) is 27.1. The minimum absolute atomic E-state index is 0.0714. The highest BCUT2D eigenvalue weighted by atomic mass is 32.2. The lowest BCUT2D eigenvalue weighted by Crippen LogP contribution is -2.46. The number of benzene rings is 2. The van der Waals surface area contributed by atoms with Crippen LogP contribution in [-0.4, -0.2) is 50.7 Å². The molecular formula is C26H29NO4S2. The van der Waals surface area contributed by atoms with Gasteiger partial charge in [-0.2, -0.15) is 0 Å². The number of thiocarbonyl (C=S) groups is 1. The van der Waals surface area contributed by atoms with Gasteiger partial charge in [-0.05, 0) is 43.4 Å². The van der Waals surface area contributed by atoms with E-state index in [1.807, 2.05) is 60.7 Å². The van der Waals surface area contributed by atoms with Crippen LogP contribution in [0.1, 0.15) is 24.5 Å². The van der Waals surface area contributed by atoms with E-state index in [4.69, 9.17) is 17.0 Å². The van der Waals surface area contributed by atoms with Crippen molar-refractivity contribution >= 4 is 40.2 Å². The van der Waals surface area contributed by atoms with Crippen LogP contribution < -0.4 is 0 Å². The number of hydrogen-bond donors (Lipinski definition) is 1. The minimum Gasteiger partial charge on any atom is -0.463 e. The summed E-state index contributed by atoms with van der Waals surface area (Å²) in [5, 5.41) is 10.9. The van der Waals surface area contributed by atoms with Gasteiger partial charge in [-0.15, -0.1) is 0 Å². The fourth-order valence-electron chi connectivity index (χ4n) is 3.85. The normalized spacial score (nSPS) is 17.8. The summed E-state index contributed by atoms with van der Waals surface area (Å²) in [7, 11) is 0. The van der Waals surface area contributed by atoms with Crippen molar-refractivity contribution in [2.75, 3.05) is 12.4 Å². The molecule has 2 aromatic rings. The molecule has 0 aliphatic carbocycles. The van der Waals surface area contributed by atoms with Gasteiger partial charge >= 0.3 is 5.97 Å². The van der Waals surface area contributed by atoms with Gasteiger partial charge in [-0.1, -0.05) is 84.6 Å². The molecule has 0 saturated carbocycles. The summed E-state index contributed by atoms with van der Waals surface area (Å²) in [6, 6.07) is 19.8. The summed E-state index contributed by atoms with van der Waals surface area (Å²) in [5.74, 6) is -0.756. The zero-order chi connectivity index (χ0) is 23.6. The molecule has 174 valence electrons. The maximum atomic E-state index is 13.7. The van der Waals surface area contributed by atoms with E-state index in [0.29, 0.717) is 23.6 Å². The number of carbonyl (C=O) groups is 2. The lowest BCUT2D eigenvalue weighted by molar-refractivity contribution is -0.138. The third kappa shape index (κ3) is 7.25. The first kappa shape index (κ1) is 25.1. The molecular weight excluding hydrogens is 454 g/mol. The first-order valence-electron chi connectivity index (χ1n) is 11.1. The van der Waals surface area contributed by atoms with Gasteiger partial charge in [-0.3, -0.25) is 9.69 Å². The average Bonchev–Trinajstić information content (AvgIpc) is 3.19. The van der Waals surface area contributed by atoms with Crippen LogP contribution in [0.3, 0.4) is 0 Å². The maximum absolute atomic E-state index is 13.7. The number of amides is 1. The highest BCUT2D eigenvalue weighted by molar-refractivity contribution is 8.23. The van der Waals surface area contributed by atoms with Gasteiger partial charge in [0.15, 0.2) is 0 Å². The third-order valence-corrected chi connectivity index (χ3v) is 7.09. The first-order valence-corrected chi connectivity index (χ1v) is 12.5. The van der Waals surface area contributed by atoms with Gasteiger partial charge in [-0.25, -0.2) is 4.79 Å². The molecule has 1 heterocycles. The molecule has 0 radical (unpaired) electrons. The second-order valence-electron chi connectivity index (χ2n) is 7.86. The molecule has 5 nitrogen and oxygen atoms in total. The van der Waals surface area contributed by atoms with E-state index in [9.17, 15) is 14.7 Å². The maximum Gasteiger partial charge on any atom is 0.330 e. The fraction of sp³-hybridized carbons (Fsp3) is 0.346. The van der Waals surface area contributed by atoms with E-state index in [2.05, 4.69) is 0 Å². The standard InChI is InChI=1S/C26H29NO4S2/c1-2-31-24(29)16-15-23(28)22(14-13-19-9-5-3-6-10-19)25(30)27-21(18-33-26(27)32)17-20-11-7-4-8-12-20/h3-12,15-16,21-23,28H,2,13-14,17-18H2,1H3/b16-15+/t21-,22-,23+/m0/s1. The van der Waals surface area contributed by atoms with Crippen molar-refractivity contribution in [3.8, 4) is 0 Å². The Morgan fingerprint density at radius 1 is 1.15 bits per heavy atom. The van der Waals surface area contributed by atoms with Crippen molar-refractivity contribution < 1.29 is 19.4 Å². The Balaban J connectivity index is 1.79. The predicted octanol–water partition coefficient (Wildman–Crippen LogP) is 4.19. The van der Waals surface area contributed by atoms with Crippen LogP contribution in [0.5, 0.6) is 0 Å². The zero-order valence-electron chi connectivity index (χ0n) is 18.6. The van der Waals surface area contributed by atoms with E-state index >= 15 is 0 Å². The van der Waals surface area contributed by atoms with E-state index in [0.717, 1.165) is 16.9 Å². The molecule has 7 heteroatoms. The van der Waals surface area contributed by atoms with Crippen molar-refractivity contribution in [1.82, 2.24) is 4.90 Å². The molecule has 1 aliphatic rings.